The minimum atomic E-state index is -3.55. The van der Waals surface area contributed by atoms with Crippen LogP contribution < -0.4 is 0 Å². The van der Waals surface area contributed by atoms with E-state index in [2.05, 4.69) is 16.0 Å². The van der Waals surface area contributed by atoms with E-state index in [0.29, 0.717) is 59.5 Å². The number of aromatic nitrogens is 3. The fourth-order valence-corrected chi connectivity index (χ4v) is 5.02. The van der Waals surface area contributed by atoms with Gasteiger partial charge in [-0.3, -0.25) is 9.36 Å². The molecular formula is C25H21N5O4S. The van der Waals surface area contributed by atoms with Crippen LogP contribution in [0.5, 0.6) is 0 Å². The Kier molecular flexibility index (Phi) is 5.80. The van der Waals surface area contributed by atoms with Gasteiger partial charge in [-0.25, -0.2) is 18.4 Å². The highest BCUT2D eigenvalue weighted by Gasteiger charge is 2.23. The fraction of sp³-hybridized carbons (Fsp3) is 0.200. The molecule has 0 atom stereocenters. The van der Waals surface area contributed by atoms with Crippen LogP contribution in [-0.4, -0.2) is 66.3 Å². The van der Waals surface area contributed by atoms with Gasteiger partial charge < -0.3 is 9.64 Å². The first kappa shape index (κ1) is 22.7. The predicted octanol–water partition coefficient (Wildman–Crippen LogP) is 2.84. The molecule has 0 radical (unpaired) electrons. The Balaban J connectivity index is 1.61. The highest BCUT2D eigenvalue weighted by molar-refractivity contribution is 7.91. The van der Waals surface area contributed by atoms with Gasteiger partial charge in [0, 0.05) is 60.0 Å². The Morgan fingerprint density at radius 1 is 1.09 bits per heavy atom. The summed E-state index contributed by atoms with van der Waals surface area (Å²) in [5, 5.41) is 9.87. The van der Waals surface area contributed by atoms with Crippen molar-refractivity contribution in [1.29, 1.82) is 5.26 Å². The molecule has 1 fully saturated rings. The first-order valence-electron chi connectivity index (χ1n) is 10.9. The topological polar surface area (TPSA) is 118 Å². The number of nitriles is 1. The maximum absolute atomic E-state index is 13.0. The lowest BCUT2D eigenvalue weighted by molar-refractivity contribution is 0.0303. The summed E-state index contributed by atoms with van der Waals surface area (Å²) in [6.07, 6.45) is 5.79. The van der Waals surface area contributed by atoms with Gasteiger partial charge in [0.25, 0.3) is 5.91 Å². The SMILES string of the molecule is CS(=O)(=O)c1cn(-c2ncc(-c3ccccc3C#N)cn2)c2cc(C(=O)N3CCOCC3)ccc12. The summed E-state index contributed by atoms with van der Waals surface area (Å²) >= 11 is 0. The van der Waals surface area contributed by atoms with Crippen molar-refractivity contribution in [2.75, 3.05) is 32.6 Å². The standard InChI is InChI=1S/C25H21N5O4S/c1-35(32,33)23-16-30(25-27-14-19(15-28-25)20-5-3-2-4-18(20)13-26)22-12-17(6-7-21(22)23)24(31)29-8-10-34-11-9-29/h2-7,12,14-16H,8-11H2,1H3. The van der Waals surface area contributed by atoms with Gasteiger partial charge in [0.2, 0.25) is 5.95 Å². The summed E-state index contributed by atoms with van der Waals surface area (Å²) in [7, 11) is -3.55. The third-order valence-electron chi connectivity index (χ3n) is 5.93. The lowest BCUT2D eigenvalue weighted by atomic mass is 10.0. The molecule has 1 aliphatic rings. The van der Waals surface area contributed by atoms with E-state index >= 15 is 0 Å². The minimum Gasteiger partial charge on any atom is -0.378 e. The molecule has 0 bridgehead atoms. The molecular weight excluding hydrogens is 466 g/mol. The average Bonchev–Trinajstić information content (AvgIpc) is 3.28. The number of ether oxygens (including phenoxy) is 1. The molecule has 10 heteroatoms. The van der Waals surface area contributed by atoms with Crippen LogP contribution >= 0.6 is 0 Å². The zero-order chi connectivity index (χ0) is 24.6. The van der Waals surface area contributed by atoms with E-state index in [4.69, 9.17) is 4.74 Å². The van der Waals surface area contributed by atoms with Gasteiger partial charge >= 0.3 is 0 Å². The van der Waals surface area contributed by atoms with Crippen LogP contribution in [0.1, 0.15) is 15.9 Å². The summed E-state index contributed by atoms with van der Waals surface area (Å²) in [5.41, 5.74) is 2.82. The molecule has 3 heterocycles. The van der Waals surface area contributed by atoms with Crippen molar-refractivity contribution in [2.24, 2.45) is 0 Å². The van der Waals surface area contributed by atoms with Crippen molar-refractivity contribution in [3.8, 4) is 23.1 Å². The van der Waals surface area contributed by atoms with Crippen molar-refractivity contribution in [2.45, 2.75) is 4.90 Å². The third-order valence-corrected chi connectivity index (χ3v) is 7.05. The van der Waals surface area contributed by atoms with Crippen LogP contribution in [0.15, 0.2) is 66.0 Å². The lowest BCUT2D eigenvalue weighted by Gasteiger charge is -2.26. The van der Waals surface area contributed by atoms with Crippen LogP contribution in [0.2, 0.25) is 0 Å². The number of fused-ring (bicyclic) bond motifs is 1. The van der Waals surface area contributed by atoms with Crippen molar-refractivity contribution in [1.82, 2.24) is 19.4 Å². The number of carbonyl (C=O) groups is 1. The monoisotopic (exact) mass is 487 g/mol. The molecule has 0 aliphatic carbocycles. The molecule has 0 spiro atoms. The van der Waals surface area contributed by atoms with E-state index < -0.39 is 9.84 Å². The van der Waals surface area contributed by atoms with Gasteiger partial charge in [-0.1, -0.05) is 24.3 Å². The van der Waals surface area contributed by atoms with E-state index in [1.807, 2.05) is 12.1 Å². The average molecular weight is 488 g/mol. The summed E-state index contributed by atoms with van der Waals surface area (Å²) in [6.45, 7) is 1.97. The molecule has 0 saturated carbocycles. The number of benzene rings is 2. The molecule has 0 N–H and O–H groups in total. The maximum Gasteiger partial charge on any atom is 0.254 e. The maximum atomic E-state index is 13.0. The van der Waals surface area contributed by atoms with Crippen molar-refractivity contribution in [3.05, 3.63) is 72.2 Å². The Labute approximate surface area is 202 Å². The van der Waals surface area contributed by atoms with Crippen LogP contribution in [0.25, 0.3) is 28.0 Å². The Morgan fingerprint density at radius 2 is 1.80 bits per heavy atom. The molecule has 1 saturated heterocycles. The number of hydrogen-bond donors (Lipinski definition) is 0. The lowest BCUT2D eigenvalue weighted by Crippen LogP contribution is -2.40. The fourth-order valence-electron chi connectivity index (χ4n) is 4.16. The van der Waals surface area contributed by atoms with Gasteiger partial charge in [-0.05, 0) is 18.2 Å². The molecule has 1 amide bonds. The van der Waals surface area contributed by atoms with E-state index in [1.54, 1.807) is 52.2 Å². The largest absolute Gasteiger partial charge is 0.378 e. The number of hydrogen-bond acceptors (Lipinski definition) is 7. The Morgan fingerprint density at radius 3 is 2.49 bits per heavy atom. The molecule has 4 aromatic rings. The molecule has 2 aromatic heterocycles. The molecule has 5 rings (SSSR count). The highest BCUT2D eigenvalue weighted by atomic mass is 32.2. The van der Waals surface area contributed by atoms with Crippen LogP contribution in [0, 0.1) is 11.3 Å². The number of amides is 1. The van der Waals surface area contributed by atoms with Crippen LogP contribution in [-0.2, 0) is 14.6 Å². The van der Waals surface area contributed by atoms with E-state index in [-0.39, 0.29) is 16.8 Å². The molecule has 9 nitrogen and oxygen atoms in total. The van der Waals surface area contributed by atoms with Gasteiger partial charge in [-0.2, -0.15) is 5.26 Å². The normalized spacial score (nSPS) is 14.1. The first-order chi connectivity index (χ1) is 16.9. The minimum absolute atomic E-state index is 0.125. The molecule has 176 valence electrons. The molecule has 0 unspecified atom stereocenters. The van der Waals surface area contributed by atoms with Crippen molar-refractivity contribution < 1.29 is 17.9 Å². The van der Waals surface area contributed by atoms with Crippen molar-refractivity contribution >= 4 is 26.6 Å². The van der Waals surface area contributed by atoms with Gasteiger partial charge in [-0.15, -0.1) is 0 Å². The van der Waals surface area contributed by atoms with E-state index in [1.165, 1.54) is 6.20 Å². The second kappa shape index (κ2) is 8.94. The second-order valence-electron chi connectivity index (χ2n) is 8.20. The number of morpholine rings is 1. The number of nitrogens with zero attached hydrogens (tertiary/aromatic N) is 5. The zero-order valence-corrected chi connectivity index (χ0v) is 19.7. The summed E-state index contributed by atoms with van der Waals surface area (Å²) in [5.74, 6) is 0.104. The van der Waals surface area contributed by atoms with Gasteiger partial charge in [0.15, 0.2) is 9.84 Å². The zero-order valence-electron chi connectivity index (χ0n) is 18.9. The molecule has 2 aromatic carbocycles. The van der Waals surface area contributed by atoms with Gasteiger partial charge in [0.05, 0.1) is 35.3 Å². The number of sulfone groups is 1. The third kappa shape index (κ3) is 4.27. The van der Waals surface area contributed by atoms with E-state index in [0.717, 1.165) is 6.26 Å². The highest BCUT2D eigenvalue weighted by Crippen LogP contribution is 2.29. The number of rotatable bonds is 4. The smallest absolute Gasteiger partial charge is 0.254 e. The van der Waals surface area contributed by atoms with Crippen molar-refractivity contribution in [3.63, 3.8) is 0 Å². The summed E-state index contributed by atoms with van der Waals surface area (Å²) < 4.78 is 31.9. The summed E-state index contributed by atoms with van der Waals surface area (Å²) in [6, 6.07) is 14.3. The van der Waals surface area contributed by atoms with Crippen LogP contribution in [0.4, 0.5) is 0 Å². The molecule has 1 aliphatic heterocycles. The summed E-state index contributed by atoms with van der Waals surface area (Å²) in [4.78, 5) is 23.8. The second-order valence-corrected chi connectivity index (χ2v) is 10.2. The first-order valence-corrected chi connectivity index (χ1v) is 12.8. The quantitative estimate of drug-likeness (QED) is 0.434. The van der Waals surface area contributed by atoms with Gasteiger partial charge in [0.1, 0.15) is 0 Å². The Bertz CT molecular complexity index is 1580. The number of carbonyl (C=O) groups excluding carboxylic acids is 1. The van der Waals surface area contributed by atoms with Crippen LogP contribution in [0.3, 0.4) is 0 Å². The molecule has 35 heavy (non-hydrogen) atoms. The Hall–Kier alpha value is -4.07. The van der Waals surface area contributed by atoms with E-state index in [9.17, 15) is 18.5 Å². The predicted molar refractivity (Wildman–Crippen MR) is 129 cm³/mol.